The van der Waals surface area contributed by atoms with E-state index < -0.39 is 0 Å². The maximum Gasteiger partial charge on any atom is 0.231 e. The highest BCUT2D eigenvalue weighted by molar-refractivity contribution is 5.53. The van der Waals surface area contributed by atoms with Gasteiger partial charge in [0.15, 0.2) is 0 Å². The number of aldehydes is 1. The van der Waals surface area contributed by atoms with Gasteiger partial charge in [0.1, 0.15) is 6.29 Å². The first-order valence-corrected chi connectivity index (χ1v) is 3.15. The smallest absolute Gasteiger partial charge is 0.231 e. The first-order chi connectivity index (χ1) is 5.36. The van der Waals surface area contributed by atoms with E-state index in [4.69, 9.17) is 4.74 Å². The van der Waals surface area contributed by atoms with Crippen molar-refractivity contribution in [1.82, 2.24) is 9.97 Å². The molecule has 1 rings (SSSR count). The van der Waals surface area contributed by atoms with Crippen molar-refractivity contribution in [3.8, 4) is 5.88 Å². The van der Waals surface area contributed by atoms with Crippen molar-refractivity contribution in [3.05, 3.63) is 18.1 Å². The predicted molar refractivity (Wildman–Crippen MR) is 38.4 cm³/mol. The molecule has 0 unspecified atom stereocenters. The van der Waals surface area contributed by atoms with Crippen LogP contribution >= 0.6 is 0 Å². The Balaban J connectivity index is 2.74. The highest BCUT2D eigenvalue weighted by atomic mass is 16.5. The maximum atomic E-state index is 10.0. The van der Waals surface area contributed by atoms with E-state index in [1.54, 1.807) is 0 Å². The highest BCUT2D eigenvalue weighted by Gasteiger charge is 1.94. The van der Waals surface area contributed by atoms with Crippen LogP contribution in [0.25, 0.3) is 0 Å². The van der Waals surface area contributed by atoms with E-state index in [1.165, 1.54) is 19.5 Å². The molecule has 1 heterocycles. The summed E-state index contributed by atoms with van der Waals surface area (Å²) < 4.78 is 4.79. The number of aromatic nitrogens is 2. The summed E-state index contributed by atoms with van der Waals surface area (Å²) in [4.78, 5) is 17.8. The summed E-state index contributed by atoms with van der Waals surface area (Å²) in [5.74, 6) is 0.458. The molecule has 4 nitrogen and oxygen atoms in total. The number of methoxy groups -OCH3 is 1. The van der Waals surface area contributed by atoms with Crippen LogP contribution in [0.5, 0.6) is 5.88 Å². The first-order valence-electron chi connectivity index (χ1n) is 3.15. The minimum absolute atomic E-state index is 0.303. The quantitative estimate of drug-likeness (QED) is 0.581. The van der Waals surface area contributed by atoms with E-state index in [0.29, 0.717) is 18.0 Å². The van der Waals surface area contributed by atoms with Crippen LogP contribution < -0.4 is 4.74 Å². The predicted octanol–water partition coefficient (Wildman–Crippen LogP) is 0.227. The van der Waals surface area contributed by atoms with Gasteiger partial charge in [-0.15, -0.1) is 0 Å². The number of ether oxygens (including phenoxy) is 1. The second-order valence-corrected chi connectivity index (χ2v) is 1.92. The molecule has 0 bridgehead atoms. The van der Waals surface area contributed by atoms with Gasteiger partial charge in [0.2, 0.25) is 5.88 Å². The van der Waals surface area contributed by atoms with E-state index in [0.717, 1.165) is 6.29 Å². The fourth-order valence-electron chi connectivity index (χ4n) is 0.639. The van der Waals surface area contributed by atoms with E-state index >= 15 is 0 Å². The molecule has 0 aliphatic heterocycles. The van der Waals surface area contributed by atoms with E-state index in [9.17, 15) is 4.79 Å². The van der Waals surface area contributed by atoms with Gasteiger partial charge in [0.25, 0.3) is 0 Å². The molecule has 0 aliphatic rings. The molecule has 0 atom stereocenters. The molecule has 1 aromatic heterocycles. The van der Waals surface area contributed by atoms with Crippen molar-refractivity contribution in [1.29, 1.82) is 0 Å². The number of hydrogen-bond donors (Lipinski definition) is 0. The van der Waals surface area contributed by atoms with Crippen LogP contribution in [0.2, 0.25) is 0 Å². The Labute approximate surface area is 64.2 Å². The SMILES string of the molecule is COc1cnc(CC=O)cn1. The Bertz CT molecular complexity index is 233. The second-order valence-electron chi connectivity index (χ2n) is 1.92. The van der Waals surface area contributed by atoms with Crippen LogP contribution in [-0.4, -0.2) is 23.4 Å². The Morgan fingerprint density at radius 3 is 2.82 bits per heavy atom. The number of hydrogen-bond acceptors (Lipinski definition) is 4. The van der Waals surface area contributed by atoms with Gasteiger partial charge < -0.3 is 9.53 Å². The Hall–Kier alpha value is -1.45. The Morgan fingerprint density at radius 2 is 2.36 bits per heavy atom. The molecule has 0 aliphatic carbocycles. The third-order valence-electron chi connectivity index (χ3n) is 1.18. The van der Waals surface area contributed by atoms with Gasteiger partial charge in [0.05, 0.1) is 25.2 Å². The molecule has 0 N–H and O–H groups in total. The first kappa shape index (κ1) is 7.65. The summed E-state index contributed by atoms with van der Waals surface area (Å²) in [7, 11) is 1.52. The summed E-state index contributed by atoms with van der Waals surface area (Å²) >= 11 is 0. The molecular weight excluding hydrogens is 144 g/mol. The van der Waals surface area contributed by atoms with Crippen LogP contribution in [0, 0.1) is 0 Å². The van der Waals surface area contributed by atoms with Gasteiger partial charge in [-0.1, -0.05) is 0 Å². The highest BCUT2D eigenvalue weighted by Crippen LogP contribution is 2.01. The van der Waals surface area contributed by atoms with Gasteiger partial charge in [-0.05, 0) is 0 Å². The summed E-state index contributed by atoms with van der Waals surface area (Å²) in [6, 6.07) is 0. The number of carbonyl (C=O) groups is 1. The molecule has 1 aromatic rings. The molecule has 11 heavy (non-hydrogen) atoms. The van der Waals surface area contributed by atoms with Crippen LogP contribution in [0.15, 0.2) is 12.4 Å². The van der Waals surface area contributed by atoms with Gasteiger partial charge in [0, 0.05) is 6.42 Å². The minimum atomic E-state index is 0.303. The van der Waals surface area contributed by atoms with Crippen molar-refractivity contribution >= 4 is 6.29 Å². The topological polar surface area (TPSA) is 52.1 Å². The molecule has 4 heteroatoms. The molecule has 0 amide bonds. The number of rotatable bonds is 3. The van der Waals surface area contributed by atoms with E-state index in [1.807, 2.05) is 0 Å². The van der Waals surface area contributed by atoms with Crippen LogP contribution in [-0.2, 0) is 11.2 Å². The van der Waals surface area contributed by atoms with Gasteiger partial charge >= 0.3 is 0 Å². The van der Waals surface area contributed by atoms with E-state index in [-0.39, 0.29) is 0 Å². The van der Waals surface area contributed by atoms with Crippen molar-refractivity contribution in [2.45, 2.75) is 6.42 Å². The van der Waals surface area contributed by atoms with Gasteiger partial charge in [-0.2, -0.15) is 0 Å². The summed E-state index contributed by atoms with van der Waals surface area (Å²) in [6.07, 6.45) is 4.10. The molecule has 0 aromatic carbocycles. The monoisotopic (exact) mass is 152 g/mol. The zero-order valence-electron chi connectivity index (χ0n) is 6.15. The van der Waals surface area contributed by atoms with Gasteiger partial charge in [-0.25, -0.2) is 4.98 Å². The summed E-state index contributed by atoms with van der Waals surface area (Å²) in [5.41, 5.74) is 0.654. The van der Waals surface area contributed by atoms with Crippen molar-refractivity contribution in [2.75, 3.05) is 7.11 Å². The van der Waals surface area contributed by atoms with Crippen LogP contribution in [0.3, 0.4) is 0 Å². The molecule has 0 saturated carbocycles. The average molecular weight is 152 g/mol. The Morgan fingerprint density at radius 1 is 1.55 bits per heavy atom. The molecule has 0 radical (unpaired) electrons. The van der Waals surface area contributed by atoms with E-state index in [2.05, 4.69) is 9.97 Å². The average Bonchev–Trinajstić information content (AvgIpc) is 2.07. The summed E-state index contributed by atoms with van der Waals surface area (Å²) in [5, 5.41) is 0. The van der Waals surface area contributed by atoms with Gasteiger partial charge in [-0.3, -0.25) is 4.98 Å². The lowest BCUT2D eigenvalue weighted by atomic mass is 10.3. The lowest BCUT2D eigenvalue weighted by molar-refractivity contribution is -0.107. The molecule has 0 spiro atoms. The summed E-state index contributed by atoms with van der Waals surface area (Å²) in [6.45, 7) is 0. The van der Waals surface area contributed by atoms with Crippen molar-refractivity contribution < 1.29 is 9.53 Å². The standard InChI is InChI=1S/C7H8N2O2/c1-11-7-5-8-6(2-3-10)4-9-7/h3-5H,2H2,1H3. The largest absolute Gasteiger partial charge is 0.480 e. The lowest BCUT2D eigenvalue weighted by Crippen LogP contribution is -1.94. The fourth-order valence-corrected chi connectivity index (χ4v) is 0.639. The van der Waals surface area contributed by atoms with Crippen LogP contribution in [0.4, 0.5) is 0 Å². The fraction of sp³-hybridized carbons (Fsp3) is 0.286. The third kappa shape index (κ3) is 2.00. The Kier molecular flexibility index (Phi) is 2.54. The minimum Gasteiger partial charge on any atom is -0.480 e. The maximum absolute atomic E-state index is 10.0. The zero-order valence-corrected chi connectivity index (χ0v) is 6.15. The zero-order chi connectivity index (χ0) is 8.10. The molecular formula is C7H8N2O2. The van der Waals surface area contributed by atoms with Crippen molar-refractivity contribution in [2.24, 2.45) is 0 Å². The second kappa shape index (κ2) is 3.65. The van der Waals surface area contributed by atoms with Crippen LogP contribution in [0.1, 0.15) is 5.69 Å². The normalized spacial score (nSPS) is 9.18. The lowest BCUT2D eigenvalue weighted by Gasteiger charge is -1.96. The number of carbonyl (C=O) groups excluding carboxylic acids is 1. The molecule has 0 saturated heterocycles. The molecule has 0 fully saturated rings. The number of nitrogens with zero attached hydrogens (tertiary/aromatic N) is 2. The van der Waals surface area contributed by atoms with Crippen molar-refractivity contribution in [3.63, 3.8) is 0 Å². The third-order valence-corrected chi connectivity index (χ3v) is 1.18. The molecule has 58 valence electrons.